The van der Waals surface area contributed by atoms with Crippen LogP contribution >= 0.6 is 0 Å². The van der Waals surface area contributed by atoms with Gasteiger partial charge in [-0.2, -0.15) is 0 Å². The summed E-state index contributed by atoms with van der Waals surface area (Å²) in [4.78, 5) is 0. The van der Waals surface area contributed by atoms with Crippen molar-refractivity contribution in [3.8, 4) is 0 Å². The summed E-state index contributed by atoms with van der Waals surface area (Å²) in [6.45, 7) is 0.953. The molecule has 0 aromatic rings. The van der Waals surface area contributed by atoms with Crippen molar-refractivity contribution in [3.05, 3.63) is 0 Å². The molecule has 0 aliphatic heterocycles. The van der Waals surface area contributed by atoms with E-state index in [2.05, 4.69) is 10.1 Å². The van der Waals surface area contributed by atoms with Gasteiger partial charge in [-0.3, -0.25) is 4.74 Å². The third kappa shape index (κ3) is 8.40. The Balaban J connectivity index is 1.84. The summed E-state index contributed by atoms with van der Waals surface area (Å²) >= 11 is 0. The van der Waals surface area contributed by atoms with E-state index >= 15 is 0 Å². The second-order valence-electron chi connectivity index (χ2n) is 4.18. The van der Waals surface area contributed by atoms with E-state index in [0.29, 0.717) is 19.3 Å². The molecule has 0 radical (unpaired) electrons. The molecule has 0 amide bonds. The Hall–Kier alpha value is -0.330. The third-order valence-electron chi connectivity index (χ3n) is 2.73. The summed E-state index contributed by atoms with van der Waals surface area (Å²) in [6, 6.07) is 0. The van der Waals surface area contributed by atoms with Crippen LogP contribution in [0.2, 0.25) is 0 Å². The topological polar surface area (TPSA) is 30.5 Å². The van der Waals surface area contributed by atoms with E-state index in [1.165, 1.54) is 19.3 Å². The van der Waals surface area contributed by atoms with Gasteiger partial charge >= 0.3 is 6.36 Å². The molecule has 1 fully saturated rings. The molecule has 6 heteroatoms. The van der Waals surface area contributed by atoms with Gasteiger partial charge in [-0.25, -0.2) is 0 Å². The quantitative estimate of drug-likeness (QED) is 0.709. The van der Waals surface area contributed by atoms with Crippen molar-refractivity contribution in [1.82, 2.24) is 5.32 Å². The second-order valence-corrected chi connectivity index (χ2v) is 4.18. The molecule has 1 saturated carbocycles. The molecule has 0 spiro atoms. The molecular weight excluding hydrogens is 235 g/mol. The molecule has 0 heterocycles. The van der Waals surface area contributed by atoms with Gasteiger partial charge in [0.25, 0.3) is 0 Å². The zero-order valence-corrected chi connectivity index (χ0v) is 9.89. The predicted molar refractivity (Wildman–Crippen MR) is 57.7 cm³/mol. The first-order chi connectivity index (χ1) is 8.08. The number of hydrogen-bond acceptors (Lipinski definition) is 3. The zero-order valence-electron chi connectivity index (χ0n) is 9.89. The van der Waals surface area contributed by atoms with Crippen LogP contribution in [-0.4, -0.2) is 38.8 Å². The van der Waals surface area contributed by atoms with Crippen LogP contribution in [0.1, 0.15) is 32.1 Å². The summed E-state index contributed by atoms with van der Waals surface area (Å²) in [6.07, 6.45) is 1.76. The number of nitrogens with one attached hydrogen (secondary N) is 1. The van der Waals surface area contributed by atoms with E-state index < -0.39 is 6.36 Å². The van der Waals surface area contributed by atoms with Gasteiger partial charge < -0.3 is 10.1 Å². The van der Waals surface area contributed by atoms with Crippen LogP contribution in [0.4, 0.5) is 13.2 Å². The average molecular weight is 255 g/mol. The van der Waals surface area contributed by atoms with E-state index in [0.717, 1.165) is 12.8 Å². The maximum absolute atomic E-state index is 11.6. The minimum absolute atomic E-state index is 0.188. The third-order valence-corrected chi connectivity index (χ3v) is 2.73. The fourth-order valence-electron chi connectivity index (χ4n) is 1.89. The van der Waals surface area contributed by atoms with Crippen LogP contribution in [0.15, 0.2) is 0 Å². The van der Waals surface area contributed by atoms with E-state index in [4.69, 9.17) is 4.74 Å². The highest BCUT2D eigenvalue weighted by Crippen LogP contribution is 2.19. The van der Waals surface area contributed by atoms with Gasteiger partial charge in [-0.15, -0.1) is 13.2 Å². The Morgan fingerprint density at radius 2 is 1.65 bits per heavy atom. The average Bonchev–Trinajstić information content (AvgIpc) is 2.28. The molecule has 0 unspecified atom stereocenters. The Kier molecular flexibility index (Phi) is 6.84. The van der Waals surface area contributed by atoms with Crippen molar-refractivity contribution in [2.75, 3.05) is 26.3 Å². The summed E-state index contributed by atoms with van der Waals surface area (Å²) in [5.41, 5.74) is 0. The molecular formula is C11H20F3NO2. The summed E-state index contributed by atoms with van der Waals surface area (Å²) < 4.78 is 44.0. The molecule has 102 valence electrons. The van der Waals surface area contributed by atoms with E-state index in [1.807, 2.05) is 0 Å². The van der Waals surface area contributed by atoms with E-state index in [9.17, 15) is 13.2 Å². The molecule has 1 N–H and O–H groups in total. The minimum atomic E-state index is -4.53. The van der Waals surface area contributed by atoms with Gasteiger partial charge in [-0.1, -0.05) is 19.3 Å². The fraction of sp³-hybridized carbons (Fsp3) is 1.00. The van der Waals surface area contributed by atoms with Crippen molar-refractivity contribution in [3.63, 3.8) is 0 Å². The lowest BCUT2D eigenvalue weighted by Crippen LogP contribution is -2.28. The van der Waals surface area contributed by atoms with Crippen LogP contribution in [0.3, 0.4) is 0 Å². The number of halogens is 3. The Bertz CT molecular complexity index is 194. The van der Waals surface area contributed by atoms with E-state index in [1.54, 1.807) is 0 Å². The lowest BCUT2D eigenvalue weighted by atomic mass is 9.98. The van der Waals surface area contributed by atoms with Crippen molar-refractivity contribution in [1.29, 1.82) is 0 Å². The molecule has 1 rings (SSSR count). The predicted octanol–water partition coefficient (Wildman–Crippen LogP) is 2.46. The number of ether oxygens (including phenoxy) is 2. The van der Waals surface area contributed by atoms with Gasteiger partial charge in [0.15, 0.2) is 0 Å². The SMILES string of the molecule is FC(F)(F)OCCNCCOC1CCCCC1. The molecule has 17 heavy (non-hydrogen) atoms. The Morgan fingerprint density at radius 3 is 2.29 bits per heavy atom. The molecule has 0 atom stereocenters. The lowest BCUT2D eigenvalue weighted by Gasteiger charge is -2.22. The number of hydrogen-bond donors (Lipinski definition) is 1. The van der Waals surface area contributed by atoms with Gasteiger partial charge in [0, 0.05) is 13.1 Å². The van der Waals surface area contributed by atoms with Crippen LogP contribution in [-0.2, 0) is 9.47 Å². The lowest BCUT2D eigenvalue weighted by molar-refractivity contribution is -0.323. The highest BCUT2D eigenvalue weighted by atomic mass is 19.4. The second kappa shape index (κ2) is 7.89. The molecule has 1 aliphatic carbocycles. The molecule has 0 aromatic heterocycles. The molecule has 0 bridgehead atoms. The van der Waals surface area contributed by atoms with Gasteiger partial charge in [0.1, 0.15) is 0 Å². The van der Waals surface area contributed by atoms with Crippen LogP contribution in [0.25, 0.3) is 0 Å². The van der Waals surface area contributed by atoms with Crippen molar-refractivity contribution in [2.45, 2.75) is 44.6 Å². The van der Waals surface area contributed by atoms with Crippen LogP contribution < -0.4 is 5.32 Å². The Labute approximate surface area is 99.7 Å². The first kappa shape index (κ1) is 14.7. The molecule has 1 aliphatic rings. The summed E-state index contributed by atoms with van der Waals surface area (Å²) in [5.74, 6) is 0. The van der Waals surface area contributed by atoms with E-state index in [-0.39, 0.29) is 13.2 Å². The first-order valence-electron chi connectivity index (χ1n) is 6.11. The summed E-state index contributed by atoms with van der Waals surface area (Å²) in [5, 5.41) is 2.85. The summed E-state index contributed by atoms with van der Waals surface area (Å²) in [7, 11) is 0. The monoisotopic (exact) mass is 255 g/mol. The maximum Gasteiger partial charge on any atom is 0.522 e. The van der Waals surface area contributed by atoms with Crippen LogP contribution in [0, 0.1) is 0 Å². The number of rotatable bonds is 7. The Morgan fingerprint density at radius 1 is 1.00 bits per heavy atom. The maximum atomic E-state index is 11.6. The van der Waals surface area contributed by atoms with Crippen molar-refractivity contribution in [2.24, 2.45) is 0 Å². The van der Waals surface area contributed by atoms with Crippen molar-refractivity contribution >= 4 is 0 Å². The standard InChI is InChI=1S/C11H20F3NO2/c12-11(13,14)17-9-7-15-6-8-16-10-4-2-1-3-5-10/h10,15H,1-9H2. The van der Waals surface area contributed by atoms with Gasteiger partial charge in [-0.05, 0) is 12.8 Å². The smallest absolute Gasteiger partial charge is 0.377 e. The highest BCUT2D eigenvalue weighted by molar-refractivity contribution is 4.65. The van der Waals surface area contributed by atoms with Gasteiger partial charge in [0.2, 0.25) is 0 Å². The first-order valence-corrected chi connectivity index (χ1v) is 6.11. The molecule has 3 nitrogen and oxygen atoms in total. The zero-order chi connectivity index (χ0) is 12.6. The number of alkyl halides is 3. The highest BCUT2D eigenvalue weighted by Gasteiger charge is 2.28. The van der Waals surface area contributed by atoms with Crippen molar-refractivity contribution < 1.29 is 22.6 Å². The van der Waals surface area contributed by atoms with Crippen LogP contribution in [0.5, 0.6) is 0 Å². The minimum Gasteiger partial charge on any atom is -0.377 e. The molecule has 0 aromatic carbocycles. The molecule has 0 saturated heterocycles. The largest absolute Gasteiger partial charge is 0.522 e. The normalized spacial score (nSPS) is 18.5. The fourth-order valence-corrected chi connectivity index (χ4v) is 1.89. The van der Waals surface area contributed by atoms with Gasteiger partial charge in [0.05, 0.1) is 19.3 Å².